The number of halogens is 1. The van der Waals surface area contributed by atoms with E-state index in [1.54, 1.807) is 18.3 Å². The van der Waals surface area contributed by atoms with Crippen molar-refractivity contribution < 1.29 is 4.39 Å². The highest BCUT2D eigenvalue weighted by Gasteiger charge is 2.42. The Hall–Kier alpha value is -2.73. The van der Waals surface area contributed by atoms with Crippen molar-refractivity contribution >= 4 is 23.0 Å². The lowest BCUT2D eigenvalue weighted by atomic mass is 10.0. The summed E-state index contributed by atoms with van der Waals surface area (Å²) >= 11 is 5.68. The molecule has 3 aromatic rings. The van der Waals surface area contributed by atoms with Crippen LogP contribution in [0.4, 0.5) is 10.1 Å². The van der Waals surface area contributed by atoms with Crippen LogP contribution in [0.3, 0.4) is 0 Å². The Morgan fingerprint density at radius 3 is 2.52 bits per heavy atom. The second kappa shape index (κ2) is 7.12. The van der Waals surface area contributed by atoms with Gasteiger partial charge in [0.2, 0.25) is 0 Å². The number of aromatic nitrogens is 2. The van der Waals surface area contributed by atoms with E-state index in [4.69, 9.17) is 12.2 Å². The molecule has 2 atom stereocenters. The van der Waals surface area contributed by atoms with E-state index in [0.717, 1.165) is 17.1 Å². The molecule has 6 heteroatoms. The molecule has 1 N–H and O–H groups in total. The monoisotopic (exact) mass is 380 g/mol. The number of hydrogen-bond acceptors (Lipinski definition) is 2. The van der Waals surface area contributed by atoms with Crippen LogP contribution >= 0.6 is 12.2 Å². The molecule has 0 aliphatic carbocycles. The Morgan fingerprint density at radius 2 is 1.85 bits per heavy atom. The third-order valence-electron chi connectivity index (χ3n) is 4.87. The van der Waals surface area contributed by atoms with Crippen LogP contribution in [0.25, 0.3) is 0 Å². The minimum absolute atomic E-state index is 0.0877. The summed E-state index contributed by atoms with van der Waals surface area (Å²) in [5.74, 6) is -0.264. The van der Waals surface area contributed by atoms with E-state index < -0.39 is 0 Å². The van der Waals surface area contributed by atoms with Gasteiger partial charge in [0.1, 0.15) is 11.9 Å². The first kappa shape index (κ1) is 17.7. The zero-order chi connectivity index (χ0) is 19.0. The van der Waals surface area contributed by atoms with Crippen LogP contribution in [0.1, 0.15) is 43.4 Å². The minimum Gasteiger partial charge on any atom is -0.351 e. The van der Waals surface area contributed by atoms with Gasteiger partial charge in [0.05, 0.1) is 11.7 Å². The van der Waals surface area contributed by atoms with Crippen molar-refractivity contribution in [3.05, 3.63) is 84.2 Å². The van der Waals surface area contributed by atoms with Crippen molar-refractivity contribution in [3.8, 4) is 0 Å². The average Bonchev–Trinajstić information content (AvgIpc) is 3.27. The normalized spacial score (nSPS) is 19.6. The Kier molecular flexibility index (Phi) is 4.66. The standard InChI is InChI=1S/C21H21FN4S/c1-14(2)25-13-5-7-18(25)20-19(17-6-3-4-12-23-17)24-21(27)26(20)16-10-8-15(22)9-11-16/h3-14,19-20H,1-2H3,(H,24,27)/t19-,20+/m0/s1. The van der Waals surface area contributed by atoms with E-state index in [9.17, 15) is 4.39 Å². The molecular formula is C21H21FN4S. The van der Waals surface area contributed by atoms with Crippen LogP contribution < -0.4 is 10.2 Å². The summed E-state index contributed by atoms with van der Waals surface area (Å²) in [6.45, 7) is 4.31. The molecule has 1 aromatic carbocycles. The number of rotatable bonds is 4. The predicted octanol–water partition coefficient (Wildman–Crippen LogP) is 4.78. The van der Waals surface area contributed by atoms with Crippen LogP contribution in [-0.2, 0) is 0 Å². The Bertz CT molecular complexity index is 936. The lowest BCUT2D eigenvalue weighted by Gasteiger charge is -2.29. The van der Waals surface area contributed by atoms with E-state index >= 15 is 0 Å². The molecule has 0 spiro atoms. The maximum Gasteiger partial charge on any atom is 0.174 e. The van der Waals surface area contributed by atoms with Gasteiger partial charge in [-0.25, -0.2) is 4.39 Å². The van der Waals surface area contributed by atoms with Gasteiger partial charge >= 0.3 is 0 Å². The summed E-state index contributed by atoms with van der Waals surface area (Å²) in [6, 6.07) is 16.6. The highest BCUT2D eigenvalue weighted by molar-refractivity contribution is 7.80. The maximum atomic E-state index is 13.5. The molecule has 4 nitrogen and oxygen atoms in total. The van der Waals surface area contributed by atoms with Crippen molar-refractivity contribution in [1.82, 2.24) is 14.9 Å². The molecule has 3 heterocycles. The van der Waals surface area contributed by atoms with Crippen molar-refractivity contribution in [2.75, 3.05) is 4.90 Å². The molecule has 1 aliphatic rings. The number of nitrogens with one attached hydrogen (secondary N) is 1. The predicted molar refractivity (Wildman–Crippen MR) is 109 cm³/mol. The number of anilines is 1. The summed E-state index contributed by atoms with van der Waals surface area (Å²) in [5, 5.41) is 4.04. The first-order valence-corrected chi connectivity index (χ1v) is 9.40. The first-order chi connectivity index (χ1) is 13.1. The molecule has 0 saturated carbocycles. The second-order valence-corrected chi connectivity index (χ2v) is 7.29. The summed E-state index contributed by atoms with van der Waals surface area (Å²) in [7, 11) is 0. The smallest absolute Gasteiger partial charge is 0.174 e. The van der Waals surface area contributed by atoms with Crippen LogP contribution in [-0.4, -0.2) is 14.7 Å². The summed E-state index contributed by atoms with van der Waals surface area (Å²) < 4.78 is 15.7. The van der Waals surface area contributed by atoms with Crippen LogP contribution in [0, 0.1) is 5.82 Å². The number of thiocarbonyl (C=S) groups is 1. The van der Waals surface area contributed by atoms with E-state index in [0.29, 0.717) is 11.2 Å². The zero-order valence-electron chi connectivity index (χ0n) is 15.2. The van der Waals surface area contributed by atoms with E-state index in [1.807, 2.05) is 18.2 Å². The number of pyridine rings is 1. The molecule has 138 valence electrons. The van der Waals surface area contributed by atoms with Gasteiger partial charge in [0.25, 0.3) is 0 Å². The van der Waals surface area contributed by atoms with Crippen molar-refractivity contribution in [1.29, 1.82) is 0 Å². The number of benzene rings is 1. The molecule has 0 radical (unpaired) electrons. The molecular weight excluding hydrogens is 359 g/mol. The molecule has 1 aliphatic heterocycles. The third-order valence-corrected chi connectivity index (χ3v) is 5.19. The molecule has 1 saturated heterocycles. The summed E-state index contributed by atoms with van der Waals surface area (Å²) in [6.07, 6.45) is 3.87. The highest BCUT2D eigenvalue weighted by Crippen LogP contribution is 2.42. The quantitative estimate of drug-likeness (QED) is 0.661. The zero-order valence-corrected chi connectivity index (χ0v) is 16.0. The molecule has 0 unspecified atom stereocenters. The lowest BCUT2D eigenvalue weighted by Crippen LogP contribution is -2.30. The van der Waals surface area contributed by atoms with Gasteiger partial charge in [-0.3, -0.25) is 4.98 Å². The Balaban J connectivity index is 1.85. The van der Waals surface area contributed by atoms with Crippen molar-refractivity contribution in [3.63, 3.8) is 0 Å². The van der Waals surface area contributed by atoms with Gasteiger partial charge in [-0.2, -0.15) is 0 Å². The minimum atomic E-state index is -0.264. The fourth-order valence-corrected chi connectivity index (χ4v) is 4.01. The maximum absolute atomic E-state index is 13.5. The fraction of sp³-hybridized carbons (Fsp3) is 0.238. The molecule has 0 amide bonds. The number of hydrogen-bond donors (Lipinski definition) is 1. The van der Waals surface area contributed by atoms with Gasteiger partial charge in [-0.05, 0) is 74.6 Å². The fourth-order valence-electron chi connectivity index (χ4n) is 3.66. The Morgan fingerprint density at radius 1 is 1.07 bits per heavy atom. The Labute approximate surface area is 163 Å². The molecule has 4 rings (SSSR count). The molecule has 1 fully saturated rings. The van der Waals surface area contributed by atoms with Gasteiger partial charge in [0.15, 0.2) is 5.11 Å². The highest BCUT2D eigenvalue weighted by atomic mass is 32.1. The summed E-state index contributed by atoms with van der Waals surface area (Å²) in [4.78, 5) is 6.61. The molecule has 0 bridgehead atoms. The van der Waals surface area contributed by atoms with E-state index in [-0.39, 0.29) is 17.9 Å². The van der Waals surface area contributed by atoms with Gasteiger partial charge in [-0.15, -0.1) is 0 Å². The second-order valence-electron chi connectivity index (χ2n) is 6.91. The van der Waals surface area contributed by atoms with Crippen LogP contribution in [0.15, 0.2) is 67.0 Å². The largest absolute Gasteiger partial charge is 0.351 e. The molecule has 2 aromatic heterocycles. The topological polar surface area (TPSA) is 33.1 Å². The van der Waals surface area contributed by atoms with Crippen LogP contribution in [0.2, 0.25) is 0 Å². The van der Waals surface area contributed by atoms with Crippen molar-refractivity contribution in [2.24, 2.45) is 0 Å². The first-order valence-electron chi connectivity index (χ1n) is 8.99. The van der Waals surface area contributed by atoms with Gasteiger partial charge in [-0.1, -0.05) is 6.07 Å². The van der Waals surface area contributed by atoms with Gasteiger partial charge in [0, 0.05) is 29.8 Å². The molecule has 27 heavy (non-hydrogen) atoms. The average molecular weight is 380 g/mol. The van der Waals surface area contributed by atoms with E-state index in [2.05, 4.69) is 51.9 Å². The van der Waals surface area contributed by atoms with Crippen LogP contribution in [0.5, 0.6) is 0 Å². The lowest BCUT2D eigenvalue weighted by molar-refractivity contribution is 0.497. The SMILES string of the molecule is CC(C)n1cccc1[C@@H]1[C@H](c2ccccn2)NC(=S)N1c1ccc(F)cc1. The van der Waals surface area contributed by atoms with Gasteiger partial charge < -0.3 is 14.8 Å². The van der Waals surface area contributed by atoms with Crippen molar-refractivity contribution in [2.45, 2.75) is 32.0 Å². The van der Waals surface area contributed by atoms with E-state index in [1.165, 1.54) is 12.1 Å². The third kappa shape index (κ3) is 3.21. The number of nitrogens with zero attached hydrogens (tertiary/aromatic N) is 3. The summed E-state index contributed by atoms with van der Waals surface area (Å²) in [5.41, 5.74) is 2.91.